The minimum atomic E-state index is -4.80. The molecule has 0 spiro atoms. The number of nitro groups is 1. The standard InChI is InChI=1S/C19H10Cl3F3N2O5S/c20-13-7-10(27(28)29)5-6-17(13)32-18-14(21)8-11(9-15(18)22)33(30,31)26-16-4-2-1-3-12(16)19(23,24)25/h1-9,26H. The average molecular weight is 542 g/mol. The lowest BCUT2D eigenvalue weighted by atomic mass is 10.2. The number of ether oxygens (including phenoxy) is 1. The summed E-state index contributed by atoms with van der Waals surface area (Å²) in [5.41, 5.74) is -2.16. The molecule has 7 nitrogen and oxygen atoms in total. The molecule has 0 aliphatic rings. The van der Waals surface area contributed by atoms with Gasteiger partial charge in [0.25, 0.3) is 15.7 Å². The van der Waals surface area contributed by atoms with Crippen LogP contribution in [0.5, 0.6) is 11.5 Å². The van der Waals surface area contributed by atoms with Crippen LogP contribution in [0.25, 0.3) is 0 Å². The second-order valence-corrected chi connectivity index (χ2v) is 9.24. The maximum atomic E-state index is 13.2. The van der Waals surface area contributed by atoms with Crippen LogP contribution in [0.1, 0.15) is 5.56 Å². The summed E-state index contributed by atoms with van der Waals surface area (Å²) in [6, 6.07) is 9.19. The molecule has 3 aromatic carbocycles. The number of anilines is 1. The van der Waals surface area contributed by atoms with Gasteiger partial charge in [-0.1, -0.05) is 46.9 Å². The lowest BCUT2D eigenvalue weighted by molar-refractivity contribution is -0.384. The van der Waals surface area contributed by atoms with Crippen molar-refractivity contribution in [3.63, 3.8) is 0 Å². The fourth-order valence-electron chi connectivity index (χ4n) is 2.61. The number of sulfonamides is 1. The van der Waals surface area contributed by atoms with Crippen LogP contribution in [0.3, 0.4) is 0 Å². The van der Waals surface area contributed by atoms with E-state index in [0.717, 1.165) is 42.5 Å². The van der Waals surface area contributed by atoms with Gasteiger partial charge in [-0.2, -0.15) is 13.2 Å². The van der Waals surface area contributed by atoms with Gasteiger partial charge in [-0.15, -0.1) is 0 Å². The molecule has 0 fully saturated rings. The molecule has 0 unspecified atom stereocenters. The number of hydrogen-bond donors (Lipinski definition) is 1. The van der Waals surface area contributed by atoms with E-state index in [2.05, 4.69) is 0 Å². The zero-order valence-corrected chi connectivity index (χ0v) is 18.9. The first-order chi connectivity index (χ1) is 15.3. The molecule has 3 aromatic rings. The van der Waals surface area contributed by atoms with Gasteiger partial charge in [-0.25, -0.2) is 8.42 Å². The fraction of sp³-hybridized carbons (Fsp3) is 0.0526. The van der Waals surface area contributed by atoms with Crippen LogP contribution in [0.2, 0.25) is 15.1 Å². The molecule has 0 aromatic heterocycles. The molecule has 0 aliphatic carbocycles. The highest BCUT2D eigenvalue weighted by Gasteiger charge is 2.34. The summed E-state index contributed by atoms with van der Waals surface area (Å²) in [5, 5.41) is 10.1. The summed E-state index contributed by atoms with van der Waals surface area (Å²) in [6.07, 6.45) is -4.80. The molecule has 14 heteroatoms. The number of nitrogens with one attached hydrogen (secondary N) is 1. The van der Waals surface area contributed by atoms with Gasteiger partial charge in [0.2, 0.25) is 0 Å². The summed E-state index contributed by atoms with van der Waals surface area (Å²) in [6.45, 7) is 0. The van der Waals surface area contributed by atoms with Gasteiger partial charge in [0, 0.05) is 12.1 Å². The fourth-order valence-corrected chi connectivity index (χ4v) is 4.65. The van der Waals surface area contributed by atoms with Crippen molar-refractivity contribution in [2.45, 2.75) is 11.1 Å². The molecule has 0 heterocycles. The highest BCUT2D eigenvalue weighted by Crippen LogP contribution is 2.42. The third kappa shape index (κ3) is 5.61. The van der Waals surface area contributed by atoms with Crippen LogP contribution in [0.4, 0.5) is 24.5 Å². The number of halogens is 6. The monoisotopic (exact) mass is 540 g/mol. The molecule has 0 aliphatic heterocycles. The Kier molecular flexibility index (Phi) is 6.99. The van der Waals surface area contributed by atoms with Crippen LogP contribution in [-0.2, 0) is 16.2 Å². The van der Waals surface area contributed by atoms with Crippen molar-refractivity contribution >= 4 is 56.2 Å². The first-order valence-corrected chi connectivity index (χ1v) is 11.2. The number of nitro benzene ring substituents is 1. The minimum Gasteiger partial charge on any atom is -0.453 e. The van der Waals surface area contributed by atoms with E-state index in [0.29, 0.717) is 0 Å². The third-order valence-corrected chi connectivity index (χ3v) is 6.30. The maximum absolute atomic E-state index is 13.2. The smallest absolute Gasteiger partial charge is 0.418 e. The second-order valence-electron chi connectivity index (χ2n) is 6.34. The van der Waals surface area contributed by atoms with E-state index < -0.39 is 37.3 Å². The van der Waals surface area contributed by atoms with Crippen LogP contribution < -0.4 is 9.46 Å². The number of nitrogens with zero attached hydrogens (tertiary/aromatic N) is 1. The van der Waals surface area contributed by atoms with Crippen LogP contribution in [0, 0.1) is 10.1 Å². The molecule has 33 heavy (non-hydrogen) atoms. The topological polar surface area (TPSA) is 98.5 Å². The third-order valence-electron chi connectivity index (χ3n) is 4.10. The zero-order chi connectivity index (χ0) is 24.6. The molecular formula is C19H10Cl3F3N2O5S. The first kappa shape index (κ1) is 24.9. The van der Waals surface area contributed by atoms with Crippen molar-refractivity contribution in [1.29, 1.82) is 0 Å². The van der Waals surface area contributed by atoms with Gasteiger partial charge in [-0.3, -0.25) is 14.8 Å². The number of alkyl halides is 3. The molecule has 174 valence electrons. The SMILES string of the molecule is O=[N+]([O-])c1ccc(Oc2c(Cl)cc(S(=O)(=O)Nc3ccccc3C(F)(F)F)cc2Cl)c(Cl)c1. The van der Waals surface area contributed by atoms with E-state index in [1.807, 2.05) is 4.72 Å². The number of non-ortho nitro benzene ring substituents is 1. The Bertz CT molecular complexity index is 1330. The van der Waals surface area contributed by atoms with Crippen molar-refractivity contribution in [1.82, 2.24) is 0 Å². The molecule has 0 atom stereocenters. The Morgan fingerprint density at radius 3 is 2.09 bits per heavy atom. The van der Waals surface area contributed by atoms with Gasteiger partial charge < -0.3 is 4.74 Å². The molecule has 0 amide bonds. The van der Waals surface area contributed by atoms with Crippen LogP contribution >= 0.6 is 34.8 Å². The molecule has 0 saturated carbocycles. The first-order valence-electron chi connectivity index (χ1n) is 8.59. The van der Waals surface area contributed by atoms with Crippen LogP contribution in [-0.4, -0.2) is 13.3 Å². The van der Waals surface area contributed by atoms with Gasteiger partial charge in [-0.05, 0) is 30.3 Å². The number of benzene rings is 3. The number of rotatable bonds is 6. The Morgan fingerprint density at radius 1 is 0.939 bits per heavy atom. The number of para-hydroxylation sites is 1. The minimum absolute atomic E-state index is 0.0566. The maximum Gasteiger partial charge on any atom is 0.418 e. The van der Waals surface area contributed by atoms with E-state index in [1.165, 1.54) is 12.1 Å². The predicted octanol–water partition coefficient (Wildman–Crippen LogP) is 7.17. The molecular weight excluding hydrogens is 532 g/mol. The van der Waals surface area contributed by atoms with Gasteiger partial charge in [0.05, 0.1) is 36.1 Å². The van der Waals surface area contributed by atoms with Crippen molar-refractivity contribution in [2.75, 3.05) is 4.72 Å². The lowest BCUT2D eigenvalue weighted by Gasteiger charge is -2.16. The molecule has 0 bridgehead atoms. The van der Waals surface area contributed by atoms with Crippen molar-refractivity contribution in [3.05, 3.63) is 85.3 Å². The molecule has 3 rings (SSSR count). The second kappa shape index (κ2) is 9.26. The highest BCUT2D eigenvalue weighted by atomic mass is 35.5. The van der Waals surface area contributed by atoms with Crippen molar-refractivity contribution < 1.29 is 31.2 Å². The lowest BCUT2D eigenvalue weighted by Crippen LogP contribution is -2.17. The Labute approximate surface area is 199 Å². The molecule has 0 saturated heterocycles. The Morgan fingerprint density at radius 2 is 1.55 bits per heavy atom. The van der Waals surface area contributed by atoms with Crippen molar-refractivity contribution in [3.8, 4) is 11.5 Å². The summed E-state index contributed by atoms with van der Waals surface area (Å²) in [4.78, 5) is 9.61. The highest BCUT2D eigenvalue weighted by molar-refractivity contribution is 7.92. The van der Waals surface area contributed by atoms with Crippen molar-refractivity contribution in [2.24, 2.45) is 0 Å². The van der Waals surface area contributed by atoms with E-state index in [9.17, 15) is 31.7 Å². The summed E-state index contributed by atoms with van der Waals surface area (Å²) in [7, 11) is -4.53. The molecule has 1 N–H and O–H groups in total. The van der Waals surface area contributed by atoms with E-state index in [1.54, 1.807) is 0 Å². The Hall–Kier alpha value is -2.73. The van der Waals surface area contributed by atoms with Gasteiger partial charge in [0.15, 0.2) is 5.75 Å². The van der Waals surface area contributed by atoms with E-state index in [-0.39, 0.29) is 32.3 Å². The Balaban J connectivity index is 1.94. The quantitative estimate of drug-likeness (QED) is 0.264. The summed E-state index contributed by atoms with van der Waals surface area (Å²) < 4.78 is 72.2. The largest absolute Gasteiger partial charge is 0.453 e. The van der Waals surface area contributed by atoms with Gasteiger partial charge >= 0.3 is 6.18 Å². The number of hydrogen-bond acceptors (Lipinski definition) is 5. The van der Waals surface area contributed by atoms with Crippen LogP contribution in [0.15, 0.2) is 59.5 Å². The normalized spacial score (nSPS) is 11.8. The summed E-state index contributed by atoms with van der Waals surface area (Å²) >= 11 is 18.2. The van der Waals surface area contributed by atoms with E-state index in [4.69, 9.17) is 39.5 Å². The van der Waals surface area contributed by atoms with Gasteiger partial charge in [0.1, 0.15) is 5.75 Å². The van der Waals surface area contributed by atoms with E-state index >= 15 is 0 Å². The molecule has 0 radical (unpaired) electrons. The summed E-state index contributed by atoms with van der Waals surface area (Å²) in [5.74, 6) is -0.275. The predicted molar refractivity (Wildman–Crippen MR) is 117 cm³/mol. The zero-order valence-electron chi connectivity index (χ0n) is 15.9. The average Bonchev–Trinajstić information content (AvgIpc) is 2.70.